The fourth-order valence-electron chi connectivity index (χ4n) is 3.05. The van der Waals surface area contributed by atoms with Crippen LogP contribution in [0.2, 0.25) is 0 Å². The second-order valence-corrected chi connectivity index (χ2v) is 5.88. The molecule has 1 atom stereocenters. The Kier molecular flexibility index (Phi) is 3.98. The van der Waals surface area contributed by atoms with E-state index in [2.05, 4.69) is 27.4 Å². The molecular weight excluding hydrogens is 276 g/mol. The lowest BCUT2D eigenvalue weighted by molar-refractivity contribution is -0.121. The van der Waals surface area contributed by atoms with Gasteiger partial charge in [-0.3, -0.25) is 14.4 Å². The molecule has 0 aliphatic carbocycles. The summed E-state index contributed by atoms with van der Waals surface area (Å²) in [5, 5.41) is 7.35. The predicted molar refractivity (Wildman–Crippen MR) is 86.7 cm³/mol. The van der Waals surface area contributed by atoms with Crippen LogP contribution in [0.25, 0.3) is 0 Å². The van der Waals surface area contributed by atoms with E-state index >= 15 is 0 Å². The lowest BCUT2D eigenvalue weighted by Crippen LogP contribution is -2.45. The van der Waals surface area contributed by atoms with Gasteiger partial charge in [0.2, 0.25) is 5.91 Å². The number of rotatable bonds is 3. The van der Waals surface area contributed by atoms with Gasteiger partial charge in [-0.15, -0.1) is 0 Å². The minimum absolute atomic E-state index is 0.0118. The SMILES string of the molecule is CCn1nc(NC(=O)[C@@H]2Cc3ccccc3CN2C)cc1C. The van der Waals surface area contributed by atoms with Crippen molar-refractivity contribution in [2.75, 3.05) is 12.4 Å². The van der Waals surface area contributed by atoms with E-state index in [0.29, 0.717) is 5.82 Å². The third-order valence-electron chi connectivity index (χ3n) is 4.32. The summed E-state index contributed by atoms with van der Waals surface area (Å²) in [7, 11) is 2.00. The summed E-state index contributed by atoms with van der Waals surface area (Å²) in [6.07, 6.45) is 0.742. The highest BCUT2D eigenvalue weighted by atomic mass is 16.2. The van der Waals surface area contributed by atoms with Gasteiger partial charge in [-0.25, -0.2) is 0 Å². The third-order valence-corrected chi connectivity index (χ3v) is 4.32. The molecule has 0 saturated heterocycles. The van der Waals surface area contributed by atoms with Crippen molar-refractivity contribution < 1.29 is 4.79 Å². The maximum Gasteiger partial charge on any atom is 0.243 e. The van der Waals surface area contributed by atoms with Crippen molar-refractivity contribution in [1.82, 2.24) is 14.7 Å². The molecular formula is C17H22N4O. The predicted octanol–water partition coefficient (Wildman–Crippen LogP) is 2.21. The second kappa shape index (κ2) is 5.93. The zero-order valence-electron chi connectivity index (χ0n) is 13.3. The minimum Gasteiger partial charge on any atom is -0.308 e. The molecule has 3 rings (SSSR count). The number of nitrogens with zero attached hydrogens (tertiary/aromatic N) is 3. The average molecular weight is 298 g/mol. The van der Waals surface area contributed by atoms with Crippen molar-refractivity contribution in [3.63, 3.8) is 0 Å². The first kappa shape index (κ1) is 14.8. The van der Waals surface area contributed by atoms with Crippen molar-refractivity contribution in [2.24, 2.45) is 0 Å². The highest BCUT2D eigenvalue weighted by Crippen LogP contribution is 2.22. The van der Waals surface area contributed by atoms with Gasteiger partial charge in [0.25, 0.3) is 0 Å². The molecule has 1 aromatic carbocycles. The Hall–Kier alpha value is -2.14. The van der Waals surface area contributed by atoms with E-state index < -0.39 is 0 Å². The van der Waals surface area contributed by atoms with Crippen LogP contribution in [0, 0.1) is 6.92 Å². The Morgan fingerprint density at radius 2 is 2.09 bits per heavy atom. The molecule has 1 aliphatic rings. The normalized spacial score (nSPS) is 18.0. The molecule has 1 aromatic heterocycles. The van der Waals surface area contributed by atoms with Crippen molar-refractivity contribution in [3.05, 3.63) is 47.2 Å². The second-order valence-electron chi connectivity index (χ2n) is 5.88. The molecule has 116 valence electrons. The number of anilines is 1. The number of fused-ring (bicyclic) bond motifs is 1. The summed E-state index contributed by atoms with van der Waals surface area (Å²) in [5.74, 6) is 0.648. The molecule has 5 heteroatoms. The van der Waals surface area contributed by atoms with Crippen LogP contribution in [0.3, 0.4) is 0 Å². The molecule has 0 radical (unpaired) electrons. The number of carbonyl (C=O) groups is 1. The van der Waals surface area contributed by atoms with Crippen molar-refractivity contribution in [2.45, 2.75) is 39.4 Å². The summed E-state index contributed by atoms with van der Waals surface area (Å²) >= 11 is 0. The standard InChI is InChI=1S/C17H22N4O/c1-4-21-12(2)9-16(19-21)18-17(22)15-10-13-7-5-6-8-14(13)11-20(15)3/h5-9,15H,4,10-11H2,1-3H3,(H,18,19,22)/t15-/m0/s1. The molecule has 0 bridgehead atoms. The monoisotopic (exact) mass is 298 g/mol. The Morgan fingerprint density at radius 1 is 1.36 bits per heavy atom. The lowest BCUT2D eigenvalue weighted by atomic mass is 9.94. The van der Waals surface area contributed by atoms with Crippen LogP contribution in [0.4, 0.5) is 5.82 Å². The Balaban J connectivity index is 1.75. The summed E-state index contributed by atoms with van der Waals surface area (Å²) in [4.78, 5) is 14.7. The maximum absolute atomic E-state index is 12.6. The summed E-state index contributed by atoms with van der Waals surface area (Å²) in [6.45, 7) is 5.64. The number of amides is 1. The molecule has 0 unspecified atom stereocenters. The maximum atomic E-state index is 12.6. The fourth-order valence-corrected chi connectivity index (χ4v) is 3.05. The first-order valence-electron chi connectivity index (χ1n) is 7.71. The first-order chi connectivity index (χ1) is 10.6. The van der Waals surface area contributed by atoms with E-state index in [0.717, 1.165) is 25.2 Å². The van der Waals surface area contributed by atoms with E-state index in [4.69, 9.17) is 0 Å². The van der Waals surface area contributed by atoms with Gasteiger partial charge >= 0.3 is 0 Å². The summed E-state index contributed by atoms with van der Waals surface area (Å²) in [6, 6.07) is 10.1. The largest absolute Gasteiger partial charge is 0.308 e. The Morgan fingerprint density at radius 3 is 2.77 bits per heavy atom. The van der Waals surface area contributed by atoms with Crippen LogP contribution < -0.4 is 5.32 Å². The van der Waals surface area contributed by atoms with E-state index in [1.165, 1.54) is 11.1 Å². The van der Waals surface area contributed by atoms with Crippen molar-refractivity contribution in [1.29, 1.82) is 0 Å². The number of nitrogens with one attached hydrogen (secondary N) is 1. The third kappa shape index (κ3) is 2.76. The van der Waals surface area contributed by atoms with Gasteiger partial charge in [0.15, 0.2) is 5.82 Å². The van der Waals surface area contributed by atoms with Crippen LogP contribution in [0.5, 0.6) is 0 Å². The quantitative estimate of drug-likeness (QED) is 0.945. The smallest absolute Gasteiger partial charge is 0.243 e. The van der Waals surface area contributed by atoms with Gasteiger partial charge in [-0.2, -0.15) is 5.10 Å². The van der Waals surface area contributed by atoms with Crippen LogP contribution in [0.15, 0.2) is 30.3 Å². The van der Waals surface area contributed by atoms with Crippen LogP contribution >= 0.6 is 0 Å². The molecule has 0 spiro atoms. The number of hydrogen-bond acceptors (Lipinski definition) is 3. The molecule has 0 fully saturated rings. The number of aromatic nitrogens is 2. The fraction of sp³-hybridized carbons (Fsp3) is 0.412. The number of likely N-dealkylation sites (N-methyl/N-ethyl adjacent to an activating group) is 1. The summed E-state index contributed by atoms with van der Waals surface area (Å²) < 4.78 is 1.88. The molecule has 1 aliphatic heterocycles. The Labute approximate surface area is 130 Å². The molecule has 2 heterocycles. The van der Waals surface area contributed by atoms with Crippen LogP contribution in [0.1, 0.15) is 23.7 Å². The van der Waals surface area contributed by atoms with Crippen molar-refractivity contribution >= 4 is 11.7 Å². The Bertz CT molecular complexity index is 692. The van der Waals surface area contributed by atoms with E-state index in [9.17, 15) is 4.79 Å². The van der Waals surface area contributed by atoms with E-state index in [1.807, 2.05) is 43.8 Å². The first-order valence-corrected chi connectivity index (χ1v) is 7.71. The molecule has 2 aromatic rings. The molecule has 5 nitrogen and oxygen atoms in total. The molecule has 22 heavy (non-hydrogen) atoms. The van der Waals surface area contributed by atoms with Crippen molar-refractivity contribution in [3.8, 4) is 0 Å². The molecule has 0 saturated carbocycles. The lowest BCUT2D eigenvalue weighted by Gasteiger charge is -2.32. The number of benzene rings is 1. The van der Waals surface area contributed by atoms with Crippen LogP contribution in [-0.4, -0.2) is 33.7 Å². The van der Waals surface area contributed by atoms with E-state index in [-0.39, 0.29) is 11.9 Å². The molecule has 1 N–H and O–H groups in total. The minimum atomic E-state index is -0.151. The number of hydrogen-bond donors (Lipinski definition) is 1. The number of carbonyl (C=O) groups excluding carboxylic acids is 1. The topological polar surface area (TPSA) is 50.2 Å². The van der Waals surface area contributed by atoms with E-state index in [1.54, 1.807) is 0 Å². The zero-order valence-corrected chi connectivity index (χ0v) is 13.3. The van der Waals surface area contributed by atoms with Gasteiger partial charge in [0, 0.05) is 24.8 Å². The highest BCUT2D eigenvalue weighted by molar-refractivity contribution is 5.94. The zero-order chi connectivity index (χ0) is 15.7. The summed E-state index contributed by atoms with van der Waals surface area (Å²) in [5.41, 5.74) is 3.62. The average Bonchev–Trinajstić information content (AvgIpc) is 2.86. The van der Waals surface area contributed by atoms with Gasteiger partial charge in [-0.1, -0.05) is 24.3 Å². The van der Waals surface area contributed by atoms with Gasteiger partial charge in [0.05, 0.1) is 6.04 Å². The number of aryl methyl sites for hydroxylation is 2. The van der Waals surface area contributed by atoms with Crippen LogP contribution in [-0.2, 0) is 24.3 Å². The molecule has 1 amide bonds. The van der Waals surface area contributed by atoms with Gasteiger partial charge in [0.1, 0.15) is 0 Å². The van der Waals surface area contributed by atoms with Gasteiger partial charge < -0.3 is 5.32 Å². The van der Waals surface area contributed by atoms with Gasteiger partial charge in [-0.05, 0) is 38.4 Å². The highest BCUT2D eigenvalue weighted by Gasteiger charge is 2.29.